The van der Waals surface area contributed by atoms with E-state index in [1.807, 2.05) is 11.8 Å². The molecule has 0 atom stereocenters. The molecule has 4 heterocycles. The third-order valence-electron chi connectivity index (χ3n) is 5.46. The van der Waals surface area contributed by atoms with Crippen LogP contribution in [0.1, 0.15) is 41.5 Å². The molecule has 1 fully saturated rings. The minimum absolute atomic E-state index is 0.0149. The zero-order valence-electron chi connectivity index (χ0n) is 15.3. The van der Waals surface area contributed by atoms with Crippen molar-refractivity contribution in [1.82, 2.24) is 29.4 Å². The van der Waals surface area contributed by atoms with Gasteiger partial charge in [-0.1, -0.05) is 0 Å². The van der Waals surface area contributed by atoms with E-state index in [2.05, 4.69) is 14.8 Å². The zero-order valence-corrected chi connectivity index (χ0v) is 15.3. The van der Waals surface area contributed by atoms with Gasteiger partial charge in [-0.2, -0.15) is 10.2 Å². The highest BCUT2D eigenvalue weighted by Gasteiger charge is 2.32. The van der Waals surface area contributed by atoms with Crippen LogP contribution in [0, 0.1) is 5.92 Å². The summed E-state index contributed by atoms with van der Waals surface area (Å²) in [5.41, 5.74) is 4.52. The number of amides is 1. The summed E-state index contributed by atoms with van der Waals surface area (Å²) < 4.78 is 9.05. The number of rotatable bonds is 5. The molecule has 0 bridgehead atoms. The van der Waals surface area contributed by atoms with Gasteiger partial charge in [0.15, 0.2) is 6.39 Å². The number of hydrogen-bond acceptors (Lipinski definition) is 5. The van der Waals surface area contributed by atoms with Gasteiger partial charge >= 0.3 is 0 Å². The van der Waals surface area contributed by atoms with E-state index in [0.29, 0.717) is 25.3 Å². The van der Waals surface area contributed by atoms with Gasteiger partial charge in [0.05, 0.1) is 6.54 Å². The van der Waals surface area contributed by atoms with Crippen molar-refractivity contribution in [3.63, 3.8) is 0 Å². The van der Waals surface area contributed by atoms with E-state index >= 15 is 0 Å². The quantitative estimate of drug-likeness (QED) is 0.692. The summed E-state index contributed by atoms with van der Waals surface area (Å²) in [6.07, 6.45) is 8.09. The van der Waals surface area contributed by atoms with Gasteiger partial charge in [0, 0.05) is 43.5 Å². The molecular weight excluding hydrogens is 344 g/mol. The smallest absolute Gasteiger partial charge is 0.272 e. The number of aromatic nitrogens is 5. The summed E-state index contributed by atoms with van der Waals surface area (Å²) in [7, 11) is 0. The lowest BCUT2D eigenvalue weighted by Gasteiger charge is -2.28. The average Bonchev–Trinajstić information content (AvgIpc) is 3.10. The monoisotopic (exact) mass is 366 g/mol. The molecule has 1 saturated carbocycles. The second kappa shape index (κ2) is 6.37. The Labute approximate surface area is 156 Å². The van der Waals surface area contributed by atoms with E-state index in [1.165, 1.54) is 24.9 Å². The molecule has 1 aliphatic carbocycles. The van der Waals surface area contributed by atoms with Crippen LogP contribution < -0.4 is 0 Å². The van der Waals surface area contributed by atoms with Gasteiger partial charge in [0.1, 0.15) is 23.3 Å². The Kier molecular flexibility index (Phi) is 3.84. The van der Waals surface area contributed by atoms with Gasteiger partial charge in [-0.15, -0.1) is 0 Å². The van der Waals surface area contributed by atoms with Gasteiger partial charge in [-0.05, 0) is 31.7 Å². The normalized spacial score (nSPS) is 16.6. The van der Waals surface area contributed by atoms with Crippen molar-refractivity contribution in [1.29, 1.82) is 0 Å². The Morgan fingerprint density at radius 1 is 1.33 bits per heavy atom. The molecule has 1 amide bonds. The Balaban J connectivity index is 1.49. The standard InChI is InChI=1S/C19H22N6O2/c1-2-24-17(5-7-21-24)19(26)23-8-6-16-14(10-23)18(15-11-27-12-20-15)22-25(16)9-13-3-4-13/h5,7,11-13H,2-4,6,8-10H2,1H3. The first-order valence-corrected chi connectivity index (χ1v) is 9.52. The van der Waals surface area contributed by atoms with Crippen molar-refractivity contribution in [2.75, 3.05) is 6.54 Å². The molecule has 8 heteroatoms. The number of carbonyl (C=O) groups excluding carboxylic acids is 1. The van der Waals surface area contributed by atoms with Crippen molar-refractivity contribution >= 4 is 5.91 Å². The van der Waals surface area contributed by atoms with Crippen LogP contribution in [0.3, 0.4) is 0 Å². The minimum atomic E-state index is 0.0149. The molecule has 0 spiro atoms. The van der Waals surface area contributed by atoms with Crippen LogP contribution in [-0.2, 0) is 26.1 Å². The predicted octanol–water partition coefficient (Wildman–Crippen LogP) is 2.36. The van der Waals surface area contributed by atoms with Gasteiger partial charge in [0.25, 0.3) is 5.91 Å². The number of oxazole rings is 1. The zero-order chi connectivity index (χ0) is 18.4. The van der Waals surface area contributed by atoms with E-state index in [-0.39, 0.29) is 5.91 Å². The summed E-state index contributed by atoms with van der Waals surface area (Å²) in [6, 6.07) is 1.79. The topological polar surface area (TPSA) is 82.0 Å². The molecule has 0 aromatic carbocycles. The SMILES string of the molecule is CCn1nccc1C(=O)N1CCc2c(c(-c3cocn3)nn2CC2CC2)C1. The van der Waals surface area contributed by atoms with Gasteiger partial charge in [0.2, 0.25) is 0 Å². The number of fused-ring (bicyclic) bond motifs is 1. The number of aryl methyl sites for hydroxylation is 1. The maximum atomic E-state index is 13.0. The third kappa shape index (κ3) is 2.85. The molecular formula is C19H22N6O2. The molecule has 0 radical (unpaired) electrons. The second-order valence-electron chi connectivity index (χ2n) is 7.28. The van der Waals surface area contributed by atoms with Crippen LogP contribution in [0.4, 0.5) is 0 Å². The van der Waals surface area contributed by atoms with E-state index in [1.54, 1.807) is 23.2 Å². The minimum Gasteiger partial charge on any atom is -0.451 e. The van der Waals surface area contributed by atoms with Gasteiger partial charge < -0.3 is 9.32 Å². The highest BCUT2D eigenvalue weighted by atomic mass is 16.3. The lowest BCUT2D eigenvalue weighted by molar-refractivity contribution is 0.0720. The van der Waals surface area contributed by atoms with Crippen molar-refractivity contribution in [3.05, 3.63) is 41.9 Å². The molecule has 3 aromatic heterocycles. The summed E-state index contributed by atoms with van der Waals surface area (Å²) >= 11 is 0. The average molecular weight is 366 g/mol. The van der Waals surface area contributed by atoms with E-state index < -0.39 is 0 Å². The lowest BCUT2D eigenvalue weighted by Crippen LogP contribution is -2.37. The van der Waals surface area contributed by atoms with Crippen LogP contribution in [0.2, 0.25) is 0 Å². The molecule has 2 aliphatic rings. The summed E-state index contributed by atoms with van der Waals surface area (Å²) in [4.78, 5) is 19.2. The molecule has 0 N–H and O–H groups in total. The van der Waals surface area contributed by atoms with Crippen LogP contribution in [0.25, 0.3) is 11.4 Å². The first-order chi connectivity index (χ1) is 13.2. The van der Waals surface area contributed by atoms with Gasteiger partial charge in [-0.3, -0.25) is 14.2 Å². The Morgan fingerprint density at radius 2 is 2.22 bits per heavy atom. The van der Waals surface area contributed by atoms with Crippen LogP contribution in [0.15, 0.2) is 29.3 Å². The van der Waals surface area contributed by atoms with E-state index in [0.717, 1.165) is 35.8 Å². The summed E-state index contributed by atoms with van der Waals surface area (Å²) in [5, 5.41) is 9.07. The molecule has 8 nitrogen and oxygen atoms in total. The maximum Gasteiger partial charge on any atom is 0.272 e. The third-order valence-corrected chi connectivity index (χ3v) is 5.46. The highest BCUT2D eigenvalue weighted by molar-refractivity contribution is 5.92. The fourth-order valence-corrected chi connectivity index (χ4v) is 3.82. The maximum absolute atomic E-state index is 13.0. The molecule has 3 aromatic rings. The largest absolute Gasteiger partial charge is 0.451 e. The van der Waals surface area contributed by atoms with Crippen LogP contribution in [-0.4, -0.2) is 41.9 Å². The fourth-order valence-electron chi connectivity index (χ4n) is 3.82. The lowest BCUT2D eigenvalue weighted by atomic mass is 10.0. The summed E-state index contributed by atoms with van der Waals surface area (Å²) in [6.45, 7) is 4.85. The van der Waals surface area contributed by atoms with Crippen LogP contribution >= 0.6 is 0 Å². The molecule has 5 rings (SSSR count). The van der Waals surface area contributed by atoms with E-state index in [9.17, 15) is 4.79 Å². The van der Waals surface area contributed by atoms with Crippen molar-refractivity contribution < 1.29 is 9.21 Å². The number of nitrogens with zero attached hydrogens (tertiary/aromatic N) is 6. The van der Waals surface area contributed by atoms with E-state index in [4.69, 9.17) is 9.52 Å². The van der Waals surface area contributed by atoms with Crippen molar-refractivity contribution in [3.8, 4) is 11.4 Å². The molecule has 0 saturated heterocycles. The first kappa shape index (κ1) is 16.3. The second-order valence-corrected chi connectivity index (χ2v) is 7.28. The molecule has 27 heavy (non-hydrogen) atoms. The Bertz CT molecular complexity index is 967. The number of hydrogen-bond donors (Lipinski definition) is 0. The first-order valence-electron chi connectivity index (χ1n) is 9.52. The van der Waals surface area contributed by atoms with Crippen LogP contribution in [0.5, 0.6) is 0 Å². The Morgan fingerprint density at radius 3 is 2.96 bits per heavy atom. The Hall–Kier alpha value is -2.90. The molecule has 0 unspecified atom stereocenters. The predicted molar refractivity (Wildman–Crippen MR) is 96.8 cm³/mol. The molecule has 1 aliphatic heterocycles. The van der Waals surface area contributed by atoms with Crippen molar-refractivity contribution in [2.24, 2.45) is 5.92 Å². The fraction of sp³-hybridized carbons (Fsp3) is 0.474. The molecule has 140 valence electrons. The highest BCUT2D eigenvalue weighted by Crippen LogP contribution is 2.34. The summed E-state index contributed by atoms with van der Waals surface area (Å²) in [5.74, 6) is 0.749. The van der Waals surface area contributed by atoms with Gasteiger partial charge in [-0.25, -0.2) is 4.98 Å². The number of carbonyl (C=O) groups is 1. The van der Waals surface area contributed by atoms with Crippen molar-refractivity contribution in [2.45, 2.75) is 45.8 Å².